The van der Waals surface area contributed by atoms with Crippen molar-refractivity contribution >= 4 is 14.2 Å². The fraction of sp³-hybridized carbons (Fsp3) is 0.594. The summed E-state index contributed by atoms with van der Waals surface area (Å²) < 4.78 is 19.4. The summed E-state index contributed by atoms with van der Waals surface area (Å²) in [5.74, 6) is 0.862. The predicted molar refractivity (Wildman–Crippen MR) is 162 cm³/mol. The van der Waals surface area contributed by atoms with E-state index in [-0.39, 0.29) is 40.7 Å². The van der Waals surface area contributed by atoms with Gasteiger partial charge in [-0.25, -0.2) is 0 Å². The molecule has 2 aromatic carbocycles. The van der Waals surface area contributed by atoms with Crippen molar-refractivity contribution in [2.75, 3.05) is 7.11 Å². The molecule has 1 spiro atoms. The molecule has 1 aliphatic carbocycles. The van der Waals surface area contributed by atoms with Gasteiger partial charge in [0.1, 0.15) is 11.8 Å². The van der Waals surface area contributed by atoms with Gasteiger partial charge in [0.15, 0.2) is 8.32 Å². The lowest BCUT2D eigenvalue weighted by Crippen LogP contribution is -2.69. The summed E-state index contributed by atoms with van der Waals surface area (Å²) in [7, 11) is -0.569. The van der Waals surface area contributed by atoms with Gasteiger partial charge in [-0.15, -0.1) is 0 Å². The number of nitrogens with zero attached hydrogens (tertiary/aromatic N) is 4. The van der Waals surface area contributed by atoms with Crippen LogP contribution < -0.4 is 4.74 Å². The van der Waals surface area contributed by atoms with E-state index in [0.29, 0.717) is 19.4 Å². The van der Waals surface area contributed by atoms with E-state index in [1.807, 2.05) is 30.3 Å². The number of fused-ring (bicyclic) bond motifs is 1. The number of ether oxygens (including phenoxy) is 2. The molecule has 5 rings (SSSR count). The molecule has 0 N–H and O–H groups in total. The Hall–Kier alpha value is -2.84. The number of hydrogen-bond acceptors (Lipinski definition) is 5. The normalized spacial score (nSPS) is 29.6. The first-order valence-corrected chi connectivity index (χ1v) is 17.7. The van der Waals surface area contributed by atoms with Crippen LogP contribution in [0.3, 0.4) is 0 Å². The third kappa shape index (κ3) is 5.78. The zero-order chi connectivity index (χ0) is 29.4. The SMILES string of the molecule is COc1ccc(C[C@H]2[C@@H](O[Si](C)(C)C(C)(C)C)[C@H]3C[C@@]4(CC[C@H]3OCc3ccccc3)C[C@@H](N=[N+]=[N-])C(=O)N24)cc1. The molecule has 2 aromatic rings. The minimum Gasteiger partial charge on any atom is -0.497 e. The fourth-order valence-electron chi connectivity index (χ4n) is 6.95. The molecule has 3 aliphatic rings. The molecule has 3 fully saturated rings. The average molecular weight is 577 g/mol. The van der Waals surface area contributed by atoms with Crippen molar-refractivity contribution in [3.63, 3.8) is 0 Å². The highest BCUT2D eigenvalue weighted by Crippen LogP contribution is 2.55. The number of hydrogen-bond donors (Lipinski definition) is 0. The van der Waals surface area contributed by atoms with Crippen molar-refractivity contribution in [1.82, 2.24) is 4.90 Å². The third-order valence-corrected chi connectivity index (χ3v) is 14.5. The molecule has 0 unspecified atom stereocenters. The van der Waals surface area contributed by atoms with Gasteiger partial charge in [0.05, 0.1) is 32.0 Å². The van der Waals surface area contributed by atoms with Crippen molar-refractivity contribution < 1.29 is 18.7 Å². The van der Waals surface area contributed by atoms with Gasteiger partial charge in [0.2, 0.25) is 5.91 Å². The standard InChI is InChI=1S/C32H44N4O4Si/c1-31(2,3)41(5,6)40-29-25-19-32(17-16-28(25)39-21-23-10-8-7-9-11-23)20-26(34-35-33)30(37)36(32)27(29)18-22-12-14-24(38-4)15-13-22/h7-15,25-29H,16-21H2,1-6H3/t25-,26+,27-,28+,29-,32-/m0/s1. The van der Waals surface area contributed by atoms with Crippen LogP contribution in [-0.2, 0) is 27.0 Å². The van der Waals surface area contributed by atoms with Crippen LogP contribution in [0.1, 0.15) is 57.6 Å². The second kappa shape index (κ2) is 11.4. The number of azide groups is 1. The van der Waals surface area contributed by atoms with E-state index in [0.717, 1.165) is 36.1 Å². The molecule has 0 aromatic heterocycles. The molecule has 220 valence electrons. The topological polar surface area (TPSA) is 96.8 Å². The van der Waals surface area contributed by atoms with E-state index < -0.39 is 14.4 Å². The molecule has 2 aliphatic heterocycles. The van der Waals surface area contributed by atoms with Gasteiger partial charge in [-0.2, -0.15) is 0 Å². The van der Waals surface area contributed by atoms with Crippen LogP contribution in [0.5, 0.6) is 5.75 Å². The first-order valence-electron chi connectivity index (χ1n) is 14.8. The molecule has 2 bridgehead atoms. The number of carbonyl (C=O) groups is 1. The monoisotopic (exact) mass is 576 g/mol. The summed E-state index contributed by atoms with van der Waals surface area (Å²) >= 11 is 0. The molecule has 2 heterocycles. The van der Waals surface area contributed by atoms with Crippen molar-refractivity contribution in [2.45, 2.75) is 107 Å². The molecule has 0 radical (unpaired) electrons. The van der Waals surface area contributed by atoms with Gasteiger partial charge >= 0.3 is 0 Å². The molecule has 9 heteroatoms. The van der Waals surface area contributed by atoms with Crippen molar-refractivity contribution in [1.29, 1.82) is 0 Å². The van der Waals surface area contributed by atoms with Crippen LogP contribution in [0.2, 0.25) is 18.1 Å². The highest BCUT2D eigenvalue weighted by molar-refractivity contribution is 6.74. The number of benzene rings is 2. The van der Waals surface area contributed by atoms with Crippen LogP contribution >= 0.6 is 0 Å². The molecule has 2 saturated heterocycles. The second-order valence-electron chi connectivity index (χ2n) is 13.6. The Morgan fingerprint density at radius 1 is 1.07 bits per heavy atom. The van der Waals surface area contributed by atoms with Gasteiger partial charge in [0.25, 0.3) is 0 Å². The van der Waals surface area contributed by atoms with E-state index in [1.165, 1.54) is 0 Å². The van der Waals surface area contributed by atoms with E-state index >= 15 is 0 Å². The van der Waals surface area contributed by atoms with E-state index in [2.05, 4.69) is 73.1 Å². The van der Waals surface area contributed by atoms with Crippen LogP contribution in [0.15, 0.2) is 59.7 Å². The van der Waals surface area contributed by atoms with Crippen molar-refractivity contribution in [3.05, 3.63) is 76.2 Å². The second-order valence-corrected chi connectivity index (χ2v) is 18.3. The quantitative estimate of drug-likeness (QED) is 0.138. The van der Waals surface area contributed by atoms with Gasteiger partial charge in [-0.3, -0.25) is 4.79 Å². The van der Waals surface area contributed by atoms with Crippen molar-refractivity contribution in [3.8, 4) is 5.75 Å². The molecular formula is C32H44N4O4Si. The van der Waals surface area contributed by atoms with E-state index in [9.17, 15) is 10.3 Å². The number of piperidine rings is 1. The number of carbonyl (C=O) groups excluding carboxylic acids is 1. The summed E-state index contributed by atoms with van der Waals surface area (Å²) in [4.78, 5) is 19.1. The maximum Gasteiger partial charge on any atom is 0.232 e. The van der Waals surface area contributed by atoms with Crippen LogP contribution in [0.4, 0.5) is 0 Å². The first-order chi connectivity index (χ1) is 19.5. The minimum atomic E-state index is -2.23. The number of methoxy groups -OCH3 is 1. The maximum absolute atomic E-state index is 14.0. The summed E-state index contributed by atoms with van der Waals surface area (Å²) in [6.07, 6.45) is 3.51. The van der Waals surface area contributed by atoms with Crippen molar-refractivity contribution in [2.24, 2.45) is 11.0 Å². The number of rotatable bonds is 9. The van der Waals surface area contributed by atoms with Gasteiger partial charge in [-0.05, 0) is 79.0 Å². The fourth-order valence-corrected chi connectivity index (χ4v) is 8.31. The van der Waals surface area contributed by atoms with Crippen LogP contribution in [0.25, 0.3) is 10.4 Å². The highest BCUT2D eigenvalue weighted by Gasteiger charge is 2.63. The first kappa shape index (κ1) is 29.6. The Morgan fingerprint density at radius 3 is 2.41 bits per heavy atom. The lowest BCUT2D eigenvalue weighted by atomic mass is 9.65. The Kier molecular flexibility index (Phi) is 8.27. The lowest BCUT2D eigenvalue weighted by molar-refractivity contribution is -0.173. The van der Waals surface area contributed by atoms with Gasteiger partial charge in [0, 0.05) is 16.4 Å². The lowest BCUT2D eigenvalue weighted by Gasteiger charge is -2.60. The van der Waals surface area contributed by atoms with E-state index in [1.54, 1.807) is 7.11 Å². The van der Waals surface area contributed by atoms with Gasteiger partial charge < -0.3 is 18.8 Å². The molecule has 1 amide bonds. The third-order valence-electron chi connectivity index (χ3n) is 10.1. The van der Waals surface area contributed by atoms with Crippen LogP contribution in [-0.4, -0.2) is 56.1 Å². The maximum atomic E-state index is 14.0. The van der Waals surface area contributed by atoms with Crippen LogP contribution in [0, 0.1) is 5.92 Å². The summed E-state index contributed by atoms with van der Waals surface area (Å²) in [5, 5.41) is 3.98. The largest absolute Gasteiger partial charge is 0.497 e. The molecule has 41 heavy (non-hydrogen) atoms. The molecular weight excluding hydrogens is 532 g/mol. The predicted octanol–water partition coefficient (Wildman–Crippen LogP) is 7.05. The number of amides is 1. The zero-order valence-electron chi connectivity index (χ0n) is 25.2. The molecule has 6 atom stereocenters. The highest BCUT2D eigenvalue weighted by atomic mass is 28.4. The molecule has 1 saturated carbocycles. The average Bonchev–Trinajstić information content (AvgIpc) is 3.20. The Bertz CT molecular complexity index is 1270. The Balaban J connectivity index is 1.56. The smallest absolute Gasteiger partial charge is 0.232 e. The Labute approximate surface area is 245 Å². The summed E-state index contributed by atoms with van der Waals surface area (Å²) in [6, 6.07) is 17.5. The van der Waals surface area contributed by atoms with E-state index in [4.69, 9.17) is 13.9 Å². The summed E-state index contributed by atoms with van der Waals surface area (Å²) in [5.41, 5.74) is 11.2. The molecule has 8 nitrogen and oxygen atoms in total. The Morgan fingerprint density at radius 2 is 1.78 bits per heavy atom. The summed E-state index contributed by atoms with van der Waals surface area (Å²) in [6.45, 7) is 11.9. The minimum absolute atomic E-state index is 0.00388. The van der Waals surface area contributed by atoms with Gasteiger partial charge in [-0.1, -0.05) is 68.4 Å². The zero-order valence-corrected chi connectivity index (χ0v) is 26.2.